The lowest BCUT2D eigenvalue weighted by molar-refractivity contribution is 0.137. The first kappa shape index (κ1) is 12.0. The van der Waals surface area contributed by atoms with E-state index >= 15 is 0 Å². The molecule has 0 bridgehead atoms. The van der Waals surface area contributed by atoms with Crippen molar-refractivity contribution >= 4 is 0 Å². The van der Waals surface area contributed by atoms with Gasteiger partial charge in [-0.05, 0) is 31.2 Å². The summed E-state index contributed by atoms with van der Waals surface area (Å²) < 4.78 is 5.06. The van der Waals surface area contributed by atoms with Crippen LogP contribution < -0.4 is 10.1 Å². The molecule has 0 aromatic heterocycles. The monoisotopic (exact) mass is 209 g/mol. The van der Waals surface area contributed by atoms with Crippen LogP contribution in [0.1, 0.15) is 25.5 Å². The van der Waals surface area contributed by atoms with Crippen molar-refractivity contribution in [1.29, 1.82) is 0 Å². The van der Waals surface area contributed by atoms with Crippen molar-refractivity contribution in [3.63, 3.8) is 0 Å². The van der Waals surface area contributed by atoms with Crippen LogP contribution in [0.3, 0.4) is 0 Å². The zero-order valence-electron chi connectivity index (χ0n) is 9.53. The Morgan fingerprint density at radius 1 is 1.33 bits per heavy atom. The molecule has 1 aromatic carbocycles. The normalized spacial score (nSPS) is 14.7. The second-order valence-electron chi connectivity index (χ2n) is 3.56. The van der Waals surface area contributed by atoms with Gasteiger partial charge in [0, 0.05) is 6.04 Å². The van der Waals surface area contributed by atoms with Crippen LogP contribution in [-0.2, 0) is 0 Å². The van der Waals surface area contributed by atoms with Crippen LogP contribution in [0.25, 0.3) is 0 Å². The second kappa shape index (κ2) is 5.73. The van der Waals surface area contributed by atoms with Gasteiger partial charge in [-0.15, -0.1) is 0 Å². The molecule has 2 atom stereocenters. The molecule has 0 aliphatic carbocycles. The fraction of sp³-hybridized carbons (Fsp3) is 0.500. The van der Waals surface area contributed by atoms with E-state index in [0.717, 1.165) is 17.9 Å². The number of hydrogen-bond acceptors (Lipinski definition) is 3. The van der Waals surface area contributed by atoms with Gasteiger partial charge < -0.3 is 15.2 Å². The summed E-state index contributed by atoms with van der Waals surface area (Å²) in [5.74, 6) is 0.807. The highest BCUT2D eigenvalue weighted by molar-refractivity contribution is 5.28. The Balaban J connectivity index is 2.69. The Morgan fingerprint density at radius 3 is 2.40 bits per heavy atom. The summed E-state index contributed by atoms with van der Waals surface area (Å²) >= 11 is 0. The topological polar surface area (TPSA) is 41.5 Å². The molecule has 0 amide bonds. The molecule has 3 nitrogen and oxygen atoms in total. The molecular weight excluding hydrogens is 190 g/mol. The Kier molecular flexibility index (Phi) is 4.59. The number of nitrogens with one attached hydrogen (secondary N) is 1. The van der Waals surface area contributed by atoms with E-state index in [0.29, 0.717) is 0 Å². The van der Waals surface area contributed by atoms with Crippen LogP contribution in [0.2, 0.25) is 0 Å². The van der Waals surface area contributed by atoms with E-state index in [1.165, 1.54) is 0 Å². The molecule has 84 valence electrons. The molecule has 0 fully saturated rings. The molecule has 0 heterocycles. The molecule has 2 N–H and O–H groups in total. The summed E-state index contributed by atoms with van der Waals surface area (Å²) in [6.45, 7) is 4.85. The van der Waals surface area contributed by atoms with Gasteiger partial charge >= 0.3 is 0 Å². The fourth-order valence-electron chi connectivity index (χ4n) is 1.52. The van der Waals surface area contributed by atoms with E-state index in [1.807, 2.05) is 38.1 Å². The molecule has 1 rings (SSSR count). The lowest BCUT2D eigenvalue weighted by atomic mass is 10.0. The number of ether oxygens (including phenoxy) is 1. The van der Waals surface area contributed by atoms with Crippen LogP contribution in [0.5, 0.6) is 5.75 Å². The predicted molar refractivity (Wildman–Crippen MR) is 61.1 cm³/mol. The molecule has 2 unspecified atom stereocenters. The summed E-state index contributed by atoms with van der Waals surface area (Å²) in [6, 6.07) is 7.55. The van der Waals surface area contributed by atoms with Gasteiger partial charge in [0.05, 0.1) is 13.2 Å². The van der Waals surface area contributed by atoms with E-state index < -0.39 is 6.10 Å². The quantitative estimate of drug-likeness (QED) is 0.776. The van der Waals surface area contributed by atoms with Gasteiger partial charge in [0.2, 0.25) is 0 Å². The van der Waals surface area contributed by atoms with Gasteiger partial charge in [0.15, 0.2) is 0 Å². The number of aliphatic hydroxyl groups excluding tert-OH is 1. The maximum atomic E-state index is 9.98. The van der Waals surface area contributed by atoms with E-state index in [2.05, 4.69) is 5.32 Å². The molecular formula is C12H19NO2. The number of methoxy groups -OCH3 is 1. The average Bonchev–Trinajstić information content (AvgIpc) is 2.28. The highest BCUT2D eigenvalue weighted by Gasteiger charge is 2.14. The van der Waals surface area contributed by atoms with Gasteiger partial charge in [-0.2, -0.15) is 0 Å². The first-order valence-corrected chi connectivity index (χ1v) is 5.24. The Labute approximate surface area is 91.1 Å². The summed E-state index contributed by atoms with van der Waals surface area (Å²) in [5, 5.41) is 13.2. The van der Waals surface area contributed by atoms with Crippen LogP contribution in [0.4, 0.5) is 0 Å². The first-order chi connectivity index (χ1) is 7.19. The van der Waals surface area contributed by atoms with E-state index in [9.17, 15) is 5.11 Å². The molecule has 0 saturated carbocycles. The molecule has 0 saturated heterocycles. The molecule has 0 spiro atoms. The Hall–Kier alpha value is -1.06. The van der Waals surface area contributed by atoms with Gasteiger partial charge in [-0.1, -0.05) is 19.1 Å². The molecule has 0 radical (unpaired) electrons. The van der Waals surface area contributed by atoms with E-state index in [4.69, 9.17) is 4.74 Å². The average molecular weight is 209 g/mol. The lowest BCUT2D eigenvalue weighted by Crippen LogP contribution is -2.31. The molecule has 15 heavy (non-hydrogen) atoms. The largest absolute Gasteiger partial charge is 0.497 e. The van der Waals surface area contributed by atoms with Crippen LogP contribution in [0.15, 0.2) is 24.3 Å². The van der Waals surface area contributed by atoms with Crippen molar-refractivity contribution in [3.8, 4) is 5.75 Å². The number of benzene rings is 1. The molecule has 0 aliphatic rings. The third-order valence-electron chi connectivity index (χ3n) is 2.46. The molecule has 1 aromatic rings. The standard InChI is InChI=1S/C12H19NO2/c1-4-13-9(2)12(14)10-5-7-11(15-3)8-6-10/h5-9,12-14H,4H2,1-3H3. The Bertz CT molecular complexity index is 284. The maximum absolute atomic E-state index is 9.98. The van der Waals surface area contributed by atoms with Crippen molar-refractivity contribution < 1.29 is 9.84 Å². The molecule has 3 heteroatoms. The Morgan fingerprint density at radius 2 is 1.93 bits per heavy atom. The number of hydrogen-bond donors (Lipinski definition) is 2. The van der Waals surface area contributed by atoms with Crippen LogP contribution >= 0.6 is 0 Å². The number of rotatable bonds is 5. The summed E-state index contributed by atoms with van der Waals surface area (Å²) in [7, 11) is 1.63. The van der Waals surface area contributed by atoms with Gasteiger partial charge in [0.25, 0.3) is 0 Å². The minimum Gasteiger partial charge on any atom is -0.497 e. The smallest absolute Gasteiger partial charge is 0.118 e. The van der Waals surface area contributed by atoms with Gasteiger partial charge in [-0.3, -0.25) is 0 Å². The number of likely N-dealkylation sites (N-methyl/N-ethyl adjacent to an activating group) is 1. The zero-order chi connectivity index (χ0) is 11.3. The summed E-state index contributed by atoms with van der Waals surface area (Å²) in [6.07, 6.45) is -0.476. The van der Waals surface area contributed by atoms with Crippen LogP contribution in [-0.4, -0.2) is 24.8 Å². The van der Waals surface area contributed by atoms with Crippen LogP contribution in [0, 0.1) is 0 Å². The summed E-state index contributed by atoms with van der Waals surface area (Å²) in [4.78, 5) is 0. The first-order valence-electron chi connectivity index (χ1n) is 5.24. The van der Waals surface area contributed by atoms with E-state index in [1.54, 1.807) is 7.11 Å². The fourth-order valence-corrected chi connectivity index (χ4v) is 1.52. The third-order valence-corrected chi connectivity index (χ3v) is 2.46. The van der Waals surface area contributed by atoms with Crippen molar-refractivity contribution in [3.05, 3.63) is 29.8 Å². The van der Waals surface area contributed by atoms with Gasteiger partial charge in [0.1, 0.15) is 5.75 Å². The van der Waals surface area contributed by atoms with E-state index in [-0.39, 0.29) is 6.04 Å². The number of aliphatic hydroxyl groups is 1. The minimum absolute atomic E-state index is 0.0587. The van der Waals surface area contributed by atoms with Gasteiger partial charge in [-0.25, -0.2) is 0 Å². The summed E-state index contributed by atoms with van der Waals surface area (Å²) in [5.41, 5.74) is 0.907. The van der Waals surface area contributed by atoms with Crippen molar-refractivity contribution in [2.45, 2.75) is 26.0 Å². The van der Waals surface area contributed by atoms with Crippen molar-refractivity contribution in [1.82, 2.24) is 5.32 Å². The minimum atomic E-state index is -0.476. The highest BCUT2D eigenvalue weighted by atomic mass is 16.5. The van der Waals surface area contributed by atoms with Crippen molar-refractivity contribution in [2.24, 2.45) is 0 Å². The third kappa shape index (κ3) is 3.22. The maximum Gasteiger partial charge on any atom is 0.118 e. The lowest BCUT2D eigenvalue weighted by Gasteiger charge is -2.19. The zero-order valence-corrected chi connectivity index (χ0v) is 9.53. The van der Waals surface area contributed by atoms with Crippen molar-refractivity contribution in [2.75, 3.05) is 13.7 Å². The predicted octanol–water partition coefficient (Wildman–Crippen LogP) is 1.73. The molecule has 0 aliphatic heterocycles. The second-order valence-corrected chi connectivity index (χ2v) is 3.56. The SMILES string of the molecule is CCNC(C)C(O)c1ccc(OC)cc1. The highest BCUT2D eigenvalue weighted by Crippen LogP contribution is 2.19.